The van der Waals surface area contributed by atoms with E-state index >= 15 is 0 Å². The van der Waals surface area contributed by atoms with E-state index in [4.69, 9.17) is 4.42 Å². The van der Waals surface area contributed by atoms with Crippen LogP contribution in [0.3, 0.4) is 0 Å². The molecular formula is C21H16BrNO. The van der Waals surface area contributed by atoms with Crippen LogP contribution in [0.5, 0.6) is 0 Å². The Balaban J connectivity index is 1.81. The Morgan fingerprint density at radius 3 is 2.33 bits per heavy atom. The van der Waals surface area contributed by atoms with Crippen molar-refractivity contribution >= 4 is 27.0 Å². The summed E-state index contributed by atoms with van der Waals surface area (Å²) >= 11 is 3.62. The van der Waals surface area contributed by atoms with Crippen LogP contribution in [0.25, 0.3) is 33.7 Å². The highest BCUT2D eigenvalue weighted by atomic mass is 79.9. The van der Waals surface area contributed by atoms with Gasteiger partial charge >= 0.3 is 0 Å². The minimum absolute atomic E-state index is 0.651. The number of hydrogen-bond donors (Lipinski definition) is 0. The number of aryl methyl sites for hydroxylation is 1. The van der Waals surface area contributed by atoms with E-state index < -0.39 is 0 Å². The molecule has 0 aliphatic carbocycles. The van der Waals surface area contributed by atoms with Crippen molar-refractivity contribution in [1.82, 2.24) is 4.98 Å². The van der Waals surface area contributed by atoms with Gasteiger partial charge in [-0.1, -0.05) is 49.4 Å². The number of benzene rings is 3. The highest BCUT2D eigenvalue weighted by Crippen LogP contribution is 2.34. The molecule has 0 aliphatic heterocycles. The Labute approximate surface area is 149 Å². The lowest BCUT2D eigenvalue weighted by molar-refractivity contribution is 0.618. The van der Waals surface area contributed by atoms with Crippen LogP contribution in [0.1, 0.15) is 12.5 Å². The molecule has 1 heterocycles. The summed E-state index contributed by atoms with van der Waals surface area (Å²) in [5.74, 6) is 0.651. The summed E-state index contributed by atoms with van der Waals surface area (Å²) < 4.78 is 6.91. The fourth-order valence-corrected chi connectivity index (χ4v) is 3.33. The van der Waals surface area contributed by atoms with Crippen LogP contribution in [0, 0.1) is 0 Å². The van der Waals surface area contributed by atoms with Crippen molar-refractivity contribution in [2.24, 2.45) is 0 Å². The van der Waals surface area contributed by atoms with Gasteiger partial charge in [-0.25, -0.2) is 4.98 Å². The van der Waals surface area contributed by atoms with E-state index in [0.717, 1.165) is 38.7 Å². The lowest BCUT2D eigenvalue weighted by Crippen LogP contribution is -1.81. The first kappa shape index (κ1) is 15.2. The lowest BCUT2D eigenvalue weighted by atomic mass is 10.1. The maximum absolute atomic E-state index is 5.99. The van der Waals surface area contributed by atoms with Crippen molar-refractivity contribution < 1.29 is 4.42 Å². The Morgan fingerprint density at radius 1 is 0.875 bits per heavy atom. The molecular weight excluding hydrogens is 362 g/mol. The summed E-state index contributed by atoms with van der Waals surface area (Å²) in [5.41, 5.74) is 6.23. The lowest BCUT2D eigenvalue weighted by Gasteiger charge is -2.02. The van der Waals surface area contributed by atoms with Gasteiger partial charge in [0.05, 0.1) is 4.47 Å². The third-order valence-electron chi connectivity index (χ3n) is 4.16. The van der Waals surface area contributed by atoms with E-state index in [9.17, 15) is 0 Å². The van der Waals surface area contributed by atoms with Gasteiger partial charge in [-0.3, -0.25) is 0 Å². The number of fused-ring (bicyclic) bond motifs is 1. The smallest absolute Gasteiger partial charge is 0.227 e. The van der Waals surface area contributed by atoms with Gasteiger partial charge < -0.3 is 4.42 Å². The molecule has 3 heteroatoms. The third-order valence-corrected chi connectivity index (χ3v) is 4.75. The molecule has 3 aromatic carbocycles. The minimum Gasteiger partial charge on any atom is -0.435 e. The van der Waals surface area contributed by atoms with Gasteiger partial charge in [-0.2, -0.15) is 0 Å². The zero-order chi connectivity index (χ0) is 16.5. The number of aromatic nitrogens is 1. The van der Waals surface area contributed by atoms with Crippen molar-refractivity contribution in [3.63, 3.8) is 0 Å². The first-order chi connectivity index (χ1) is 11.7. The summed E-state index contributed by atoms with van der Waals surface area (Å²) in [6, 6.07) is 22.8. The molecule has 0 radical (unpaired) electrons. The van der Waals surface area contributed by atoms with Gasteiger partial charge in [0.2, 0.25) is 5.89 Å². The van der Waals surface area contributed by atoms with Crippen molar-refractivity contribution in [2.45, 2.75) is 13.3 Å². The summed E-state index contributed by atoms with van der Waals surface area (Å²) in [6.07, 6.45) is 1.03. The van der Waals surface area contributed by atoms with Gasteiger partial charge in [0.1, 0.15) is 5.52 Å². The van der Waals surface area contributed by atoms with Crippen LogP contribution in [-0.2, 0) is 6.42 Å². The monoisotopic (exact) mass is 377 g/mol. The maximum Gasteiger partial charge on any atom is 0.227 e. The average molecular weight is 378 g/mol. The topological polar surface area (TPSA) is 26.0 Å². The second-order valence-electron chi connectivity index (χ2n) is 5.74. The SMILES string of the molecule is CCc1ccc(-c2nc3cc(-c4ccccc4)cc(Br)c3o2)cc1. The predicted octanol–water partition coefficient (Wildman–Crippen LogP) is 6.49. The molecule has 0 unspecified atom stereocenters. The van der Waals surface area contributed by atoms with Crippen LogP contribution < -0.4 is 0 Å². The highest BCUT2D eigenvalue weighted by molar-refractivity contribution is 9.10. The number of rotatable bonds is 3. The zero-order valence-electron chi connectivity index (χ0n) is 13.3. The van der Waals surface area contributed by atoms with Gasteiger partial charge in [-0.05, 0) is 63.3 Å². The molecule has 0 aliphatic rings. The molecule has 4 rings (SSSR count). The largest absolute Gasteiger partial charge is 0.435 e. The molecule has 0 saturated carbocycles. The van der Waals surface area contributed by atoms with Gasteiger partial charge in [-0.15, -0.1) is 0 Å². The molecule has 0 fully saturated rings. The standard InChI is InChI=1S/C21H16BrNO/c1-2-14-8-10-16(11-9-14)21-23-19-13-17(12-18(22)20(19)24-21)15-6-4-3-5-7-15/h3-13H,2H2,1H3. The van der Waals surface area contributed by atoms with Crippen molar-refractivity contribution in [1.29, 1.82) is 0 Å². The van der Waals surface area contributed by atoms with Gasteiger partial charge in [0.25, 0.3) is 0 Å². The quantitative estimate of drug-likeness (QED) is 0.407. The molecule has 24 heavy (non-hydrogen) atoms. The highest BCUT2D eigenvalue weighted by Gasteiger charge is 2.13. The van der Waals surface area contributed by atoms with Crippen LogP contribution in [-0.4, -0.2) is 4.98 Å². The molecule has 0 amide bonds. The van der Waals surface area contributed by atoms with Gasteiger partial charge in [0, 0.05) is 5.56 Å². The molecule has 0 saturated heterocycles. The number of halogens is 1. The summed E-state index contributed by atoms with van der Waals surface area (Å²) in [7, 11) is 0. The minimum atomic E-state index is 0.651. The Morgan fingerprint density at radius 2 is 1.62 bits per heavy atom. The molecule has 2 nitrogen and oxygen atoms in total. The molecule has 118 valence electrons. The molecule has 1 aromatic heterocycles. The van der Waals surface area contributed by atoms with Crippen molar-refractivity contribution in [3.05, 3.63) is 76.8 Å². The average Bonchev–Trinajstić information content (AvgIpc) is 3.07. The number of oxazole rings is 1. The normalized spacial score (nSPS) is 11.1. The van der Waals surface area contributed by atoms with Crippen LogP contribution >= 0.6 is 15.9 Å². The van der Waals surface area contributed by atoms with Gasteiger partial charge in [0.15, 0.2) is 5.58 Å². The summed E-state index contributed by atoms with van der Waals surface area (Å²) in [5, 5.41) is 0. The van der Waals surface area contributed by atoms with Crippen molar-refractivity contribution in [2.75, 3.05) is 0 Å². The van der Waals surface area contributed by atoms with E-state index in [-0.39, 0.29) is 0 Å². The van der Waals surface area contributed by atoms with Crippen LogP contribution in [0.4, 0.5) is 0 Å². The first-order valence-corrected chi connectivity index (χ1v) is 8.78. The number of nitrogens with zero attached hydrogens (tertiary/aromatic N) is 1. The van der Waals surface area contributed by atoms with E-state index in [1.807, 2.05) is 18.2 Å². The fourth-order valence-electron chi connectivity index (χ4n) is 2.80. The van der Waals surface area contributed by atoms with Crippen molar-refractivity contribution in [3.8, 4) is 22.6 Å². The maximum atomic E-state index is 5.99. The van der Waals surface area contributed by atoms with E-state index in [2.05, 4.69) is 76.4 Å². The van der Waals surface area contributed by atoms with Crippen LogP contribution in [0.15, 0.2) is 75.6 Å². The third kappa shape index (κ3) is 2.76. The Bertz CT molecular complexity index is 988. The Hall–Kier alpha value is -2.39. The second kappa shape index (κ2) is 6.25. The second-order valence-corrected chi connectivity index (χ2v) is 6.60. The molecule has 0 atom stereocenters. The molecule has 0 bridgehead atoms. The Kier molecular flexibility index (Phi) is 3.95. The van der Waals surface area contributed by atoms with E-state index in [0.29, 0.717) is 5.89 Å². The summed E-state index contributed by atoms with van der Waals surface area (Å²) in [6.45, 7) is 2.15. The van der Waals surface area contributed by atoms with E-state index in [1.54, 1.807) is 0 Å². The summed E-state index contributed by atoms with van der Waals surface area (Å²) in [4.78, 5) is 4.69. The predicted molar refractivity (Wildman–Crippen MR) is 102 cm³/mol. The fraction of sp³-hybridized carbons (Fsp3) is 0.0952. The molecule has 0 spiro atoms. The first-order valence-electron chi connectivity index (χ1n) is 7.99. The zero-order valence-corrected chi connectivity index (χ0v) is 14.9. The number of hydrogen-bond acceptors (Lipinski definition) is 2. The van der Waals surface area contributed by atoms with Crippen LogP contribution in [0.2, 0.25) is 0 Å². The molecule has 4 aromatic rings. The van der Waals surface area contributed by atoms with E-state index in [1.165, 1.54) is 5.56 Å². The molecule has 0 N–H and O–H groups in total.